The Morgan fingerprint density at radius 2 is 2.00 bits per heavy atom. The van der Waals surface area contributed by atoms with Crippen molar-refractivity contribution in [2.75, 3.05) is 5.75 Å². The first-order valence-electron chi connectivity index (χ1n) is 9.15. The Hall–Kier alpha value is -1.89. The number of nitrogens with zero attached hydrogens (tertiary/aromatic N) is 4. The van der Waals surface area contributed by atoms with Crippen LogP contribution < -0.4 is 5.32 Å². The summed E-state index contributed by atoms with van der Waals surface area (Å²) in [6, 6.07) is 6.32. The molecule has 0 spiro atoms. The van der Waals surface area contributed by atoms with Crippen LogP contribution in [0.1, 0.15) is 51.2 Å². The fourth-order valence-corrected chi connectivity index (χ4v) is 3.51. The lowest BCUT2D eigenvalue weighted by atomic mass is 10.0. The van der Waals surface area contributed by atoms with Gasteiger partial charge in [0.1, 0.15) is 0 Å². The molecule has 142 valence electrons. The quantitative estimate of drug-likeness (QED) is 0.677. The van der Waals surface area contributed by atoms with Crippen molar-refractivity contribution in [1.82, 2.24) is 25.5 Å². The van der Waals surface area contributed by atoms with Crippen molar-refractivity contribution in [3.63, 3.8) is 0 Å². The van der Waals surface area contributed by atoms with E-state index in [-0.39, 0.29) is 11.9 Å². The molecular formula is C19H29N5OS. The van der Waals surface area contributed by atoms with Gasteiger partial charge in [-0.05, 0) is 55.2 Å². The third-order valence-electron chi connectivity index (χ3n) is 4.18. The van der Waals surface area contributed by atoms with E-state index in [1.165, 1.54) is 23.7 Å². The van der Waals surface area contributed by atoms with E-state index < -0.39 is 0 Å². The molecule has 1 aromatic heterocycles. The van der Waals surface area contributed by atoms with Crippen LogP contribution in [0.4, 0.5) is 0 Å². The Bertz CT molecular complexity index is 728. The van der Waals surface area contributed by atoms with Crippen molar-refractivity contribution in [3.05, 3.63) is 29.3 Å². The lowest BCUT2D eigenvalue weighted by molar-refractivity contribution is -0.119. The van der Waals surface area contributed by atoms with Crippen LogP contribution in [-0.2, 0) is 4.79 Å². The number of tetrazole rings is 1. The summed E-state index contributed by atoms with van der Waals surface area (Å²) in [6.07, 6.45) is 3.34. The molecule has 0 saturated carbocycles. The van der Waals surface area contributed by atoms with Gasteiger partial charge in [0, 0.05) is 6.04 Å². The average Bonchev–Trinajstić information content (AvgIpc) is 3.00. The predicted molar refractivity (Wildman–Crippen MR) is 106 cm³/mol. The van der Waals surface area contributed by atoms with E-state index in [1.807, 2.05) is 19.1 Å². The smallest absolute Gasteiger partial charge is 0.230 e. The Balaban J connectivity index is 1.88. The summed E-state index contributed by atoms with van der Waals surface area (Å²) in [4.78, 5) is 12.2. The van der Waals surface area contributed by atoms with Crippen molar-refractivity contribution in [3.8, 4) is 5.69 Å². The van der Waals surface area contributed by atoms with Gasteiger partial charge in [-0.15, -0.1) is 5.10 Å². The number of nitrogens with one attached hydrogen (secondary N) is 1. The molecule has 0 aliphatic heterocycles. The van der Waals surface area contributed by atoms with Gasteiger partial charge in [0.25, 0.3) is 0 Å². The van der Waals surface area contributed by atoms with Crippen LogP contribution in [0.5, 0.6) is 0 Å². The van der Waals surface area contributed by atoms with E-state index in [1.54, 1.807) is 4.68 Å². The van der Waals surface area contributed by atoms with Crippen LogP contribution in [0.2, 0.25) is 0 Å². The summed E-state index contributed by atoms with van der Waals surface area (Å²) in [7, 11) is 0. The molecule has 0 bridgehead atoms. The van der Waals surface area contributed by atoms with Gasteiger partial charge < -0.3 is 5.32 Å². The SMILES string of the molecule is Cc1ccc(-n2nnnc2SCC(=O)N[C@@H](C)CCCC(C)C)c(C)c1. The molecule has 0 fully saturated rings. The van der Waals surface area contributed by atoms with Gasteiger partial charge in [-0.1, -0.05) is 56.1 Å². The van der Waals surface area contributed by atoms with Gasteiger partial charge in [0.2, 0.25) is 11.1 Å². The van der Waals surface area contributed by atoms with Crippen LogP contribution in [0.3, 0.4) is 0 Å². The van der Waals surface area contributed by atoms with Gasteiger partial charge in [-0.2, -0.15) is 4.68 Å². The van der Waals surface area contributed by atoms with Gasteiger partial charge in [0.15, 0.2) is 0 Å². The highest BCUT2D eigenvalue weighted by Crippen LogP contribution is 2.21. The largest absolute Gasteiger partial charge is 0.353 e. The topological polar surface area (TPSA) is 72.7 Å². The first-order chi connectivity index (χ1) is 12.4. The van der Waals surface area contributed by atoms with Crippen LogP contribution in [0.25, 0.3) is 5.69 Å². The molecule has 1 heterocycles. The molecule has 7 heteroatoms. The number of benzene rings is 1. The van der Waals surface area contributed by atoms with Crippen molar-refractivity contribution in [1.29, 1.82) is 0 Å². The number of thioether (sulfide) groups is 1. The first-order valence-corrected chi connectivity index (χ1v) is 10.1. The van der Waals surface area contributed by atoms with Crippen LogP contribution in [0, 0.1) is 19.8 Å². The number of carbonyl (C=O) groups is 1. The van der Waals surface area contributed by atoms with Gasteiger partial charge in [-0.3, -0.25) is 4.79 Å². The number of rotatable bonds is 9. The maximum absolute atomic E-state index is 12.2. The number of hydrogen-bond donors (Lipinski definition) is 1. The summed E-state index contributed by atoms with van der Waals surface area (Å²) >= 11 is 1.36. The summed E-state index contributed by atoms with van der Waals surface area (Å²) in [5.74, 6) is 1.03. The third-order valence-corrected chi connectivity index (χ3v) is 5.10. The highest BCUT2D eigenvalue weighted by atomic mass is 32.2. The van der Waals surface area contributed by atoms with Crippen molar-refractivity contribution in [2.45, 2.75) is 65.1 Å². The van der Waals surface area contributed by atoms with E-state index >= 15 is 0 Å². The van der Waals surface area contributed by atoms with Gasteiger partial charge in [0.05, 0.1) is 11.4 Å². The Kier molecular flexibility index (Phi) is 7.63. The van der Waals surface area contributed by atoms with E-state index in [0.29, 0.717) is 16.8 Å². The minimum Gasteiger partial charge on any atom is -0.353 e. The molecule has 2 aromatic rings. The average molecular weight is 376 g/mol. The molecule has 1 atom stereocenters. The zero-order chi connectivity index (χ0) is 19.1. The standard InChI is InChI=1S/C19H29N5OS/c1-13(2)7-6-8-16(5)20-18(25)12-26-19-21-22-23-24(19)17-10-9-14(3)11-15(17)4/h9-11,13,16H,6-8,12H2,1-5H3,(H,20,25)/t16-/m0/s1. The number of aromatic nitrogens is 4. The zero-order valence-corrected chi connectivity index (χ0v) is 17.1. The highest BCUT2D eigenvalue weighted by Gasteiger charge is 2.14. The van der Waals surface area contributed by atoms with Crippen molar-refractivity contribution < 1.29 is 4.79 Å². The minimum atomic E-state index is 0.0159. The second-order valence-electron chi connectivity index (χ2n) is 7.25. The molecular weight excluding hydrogens is 346 g/mol. The fraction of sp³-hybridized carbons (Fsp3) is 0.579. The molecule has 0 aliphatic rings. The molecule has 1 N–H and O–H groups in total. The normalized spacial score (nSPS) is 12.4. The first kappa shape index (κ1) is 20.4. The molecule has 1 amide bonds. The maximum atomic E-state index is 12.2. The van der Waals surface area contributed by atoms with Crippen molar-refractivity contribution in [2.24, 2.45) is 5.92 Å². The van der Waals surface area contributed by atoms with Crippen LogP contribution in [-0.4, -0.2) is 37.9 Å². The highest BCUT2D eigenvalue weighted by molar-refractivity contribution is 7.99. The molecule has 2 rings (SSSR count). The Morgan fingerprint density at radius 1 is 1.23 bits per heavy atom. The zero-order valence-electron chi connectivity index (χ0n) is 16.3. The lowest BCUT2D eigenvalue weighted by Crippen LogP contribution is -2.33. The van der Waals surface area contributed by atoms with E-state index in [2.05, 4.69) is 54.6 Å². The second-order valence-corrected chi connectivity index (χ2v) is 8.19. The molecule has 6 nitrogen and oxygen atoms in total. The Morgan fingerprint density at radius 3 is 2.69 bits per heavy atom. The van der Waals surface area contributed by atoms with Gasteiger partial charge in [-0.25, -0.2) is 0 Å². The number of carbonyl (C=O) groups excluding carboxylic acids is 1. The molecule has 0 unspecified atom stereocenters. The second kappa shape index (κ2) is 9.71. The van der Waals surface area contributed by atoms with E-state index in [9.17, 15) is 4.79 Å². The van der Waals surface area contributed by atoms with Crippen LogP contribution >= 0.6 is 11.8 Å². The summed E-state index contributed by atoms with van der Waals surface area (Å²) in [5, 5.41) is 15.6. The molecule has 26 heavy (non-hydrogen) atoms. The molecule has 0 saturated heterocycles. The Labute approximate surface area is 160 Å². The summed E-state index contributed by atoms with van der Waals surface area (Å²) in [5.41, 5.74) is 3.23. The predicted octanol–water partition coefficient (Wildman–Crippen LogP) is 3.70. The van der Waals surface area contributed by atoms with E-state index in [4.69, 9.17) is 0 Å². The summed E-state index contributed by atoms with van der Waals surface area (Å²) in [6.45, 7) is 10.6. The van der Waals surface area contributed by atoms with Gasteiger partial charge >= 0.3 is 0 Å². The minimum absolute atomic E-state index is 0.0159. The number of hydrogen-bond acceptors (Lipinski definition) is 5. The maximum Gasteiger partial charge on any atom is 0.230 e. The lowest BCUT2D eigenvalue weighted by Gasteiger charge is -2.14. The molecule has 1 aromatic carbocycles. The molecule has 0 aliphatic carbocycles. The number of aryl methyl sites for hydroxylation is 2. The van der Waals surface area contributed by atoms with Crippen LogP contribution in [0.15, 0.2) is 23.4 Å². The monoisotopic (exact) mass is 375 g/mol. The number of amides is 1. The van der Waals surface area contributed by atoms with E-state index in [0.717, 1.165) is 24.1 Å². The summed E-state index contributed by atoms with van der Waals surface area (Å²) < 4.78 is 1.69. The third kappa shape index (κ3) is 6.12. The fourth-order valence-electron chi connectivity index (χ4n) is 2.81. The molecule has 0 radical (unpaired) electrons. The van der Waals surface area contributed by atoms with Crippen molar-refractivity contribution >= 4 is 17.7 Å².